The zero-order valence-electron chi connectivity index (χ0n) is 16.0. The summed E-state index contributed by atoms with van der Waals surface area (Å²) in [4.78, 5) is 15.1. The molecule has 1 amide bonds. The molecule has 1 aliphatic rings. The number of likely N-dealkylation sites (tertiary alicyclic amines) is 1. The molecular formula is C19H29N5O. The predicted octanol–water partition coefficient (Wildman–Crippen LogP) is 2.47. The van der Waals surface area contributed by atoms with Gasteiger partial charge >= 0.3 is 0 Å². The molecule has 0 bridgehead atoms. The highest BCUT2D eigenvalue weighted by atomic mass is 16.2. The van der Waals surface area contributed by atoms with Crippen LogP contribution in [0.2, 0.25) is 0 Å². The molecule has 0 spiro atoms. The number of carbonyl (C=O) groups is 1. The van der Waals surface area contributed by atoms with E-state index in [0.29, 0.717) is 6.42 Å². The van der Waals surface area contributed by atoms with Crippen molar-refractivity contribution >= 4 is 5.91 Å². The van der Waals surface area contributed by atoms with Crippen molar-refractivity contribution in [2.45, 2.75) is 66.0 Å². The molecule has 0 radical (unpaired) electrons. The van der Waals surface area contributed by atoms with Crippen LogP contribution in [0.15, 0.2) is 6.07 Å². The van der Waals surface area contributed by atoms with E-state index in [2.05, 4.69) is 28.1 Å². The Morgan fingerprint density at radius 1 is 1.20 bits per heavy atom. The first-order chi connectivity index (χ1) is 11.9. The summed E-state index contributed by atoms with van der Waals surface area (Å²) in [5.41, 5.74) is 5.31. The fourth-order valence-electron chi connectivity index (χ4n) is 3.90. The quantitative estimate of drug-likeness (QED) is 0.857. The summed E-state index contributed by atoms with van der Waals surface area (Å²) < 4.78 is 3.91. The van der Waals surface area contributed by atoms with E-state index in [9.17, 15) is 4.79 Å². The summed E-state index contributed by atoms with van der Waals surface area (Å²) in [7, 11) is 1.93. The number of piperidine rings is 1. The Morgan fingerprint density at radius 3 is 2.56 bits per heavy atom. The molecule has 6 nitrogen and oxygen atoms in total. The van der Waals surface area contributed by atoms with E-state index in [-0.39, 0.29) is 11.9 Å². The maximum atomic E-state index is 13.0. The minimum Gasteiger partial charge on any atom is -0.338 e. The van der Waals surface area contributed by atoms with Crippen LogP contribution in [0.5, 0.6) is 0 Å². The normalized spacial score (nSPS) is 18.0. The summed E-state index contributed by atoms with van der Waals surface area (Å²) in [6.45, 7) is 9.75. The van der Waals surface area contributed by atoms with E-state index < -0.39 is 0 Å². The number of aromatic nitrogens is 4. The van der Waals surface area contributed by atoms with Gasteiger partial charge in [-0.3, -0.25) is 14.2 Å². The van der Waals surface area contributed by atoms with Crippen LogP contribution in [0.1, 0.15) is 47.6 Å². The van der Waals surface area contributed by atoms with Gasteiger partial charge in [0.1, 0.15) is 0 Å². The zero-order chi connectivity index (χ0) is 18.1. The van der Waals surface area contributed by atoms with Crippen molar-refractivity contribution in [1.29, 1.82) is 0 Å². The molecule has 136 valence electrons. The van der Waals surface area contributed by atoms with Crippen molar-refractivity contribution in [2.24, 2.45) is 7.05 Å². The SMILES string of the molecule is Cc1cc(C)n(C[C@@H]2CCCCN2C(=O)Cc2c(C)nn(C)c2C)n1. The van der Waals surface area contributed by atoms with E-state index in [1.54, 1.807) is 0 Å². The molecule has 0 N–H and O–H groups in total. The van der Waals surface area contributed by atoms with Gasteiger partial charge in [0.15, 0.2) is 0 Å². The van der Waals surface area contributed by atoms with Gasteiger partial charge in [0, 0.05) is 30.5 Å². The smallest absolute Gasteiger partial charge is 0.227 e. The van der Waals surface area contributed by atoms with Crippen molar-refractivity contribution in [2.75, 3.05) is 6.54 Å². The van der Waals surface area contributed by atoms with Gasteiger partial charge in [0.2, 0.25) is 5.91 Å². The van der Waals surface area contributed by atoms with E-state index in [0.717, 1.165) is 54.3 Å². The van der Waals surface area contributed by atoms with Crippen molar-refractivity contribution in [3.63, 3.8) is 0 Å². The maximum Gasteiger partial charge on any atom is 0.227 e. The van der Waals surface area contributed by atoms with Crippen molar-refractivity contribution < 1.29 is 4.79 Å². The van der Waals surface area contributed by atoms with Crippen molar-refractivity contribution in [3.8, 4) is 0 Å². The summed E-state index contributed by atoms with van der Waals surface area (Å²) in [5, 5.41) is 9.02. The number of hydrogen-bond acceptors (Lipinski definition) is 3. The first kappa shape index (κ1) is 17.7. The highest BCUT2D eigenvalue weighted by Crippen LogP contribution is 2.22. The number of carbonyl (C=O) groups excluding carboxylic acids is 1. The highest BCUT2D eigenvalue weighted by molar-refractivity contribution is 5.79. The third-order valence-electron chi connectivity index (χ3n) is 5.42. The van der Waals surface area contributed by atoms with E-state index in [4.69, 9.17) is 0 Å². The Morgan fingerprint density at radius 2 is 1.96 bits per heavy atom. The number of amides is 1. The van der Waals surface area contributed by atoms with Crippen LogP contribution >= 0.6 is 0 Å². The number of nitrogens with zero attached hydrogens (tertiary/aromatic N) is 5. The molecule has 6 heteroatoms. The van der Waals surface area contributed by atoms with E-state index in [1.807, 2.05) is 37.2 Å². The summed E-state index contributed by atoms with van der Waals surface area (Å²) >= 11 is 0. The van der Waals surface area contributed by atoms with E-state index >= 15 is 0 Å². The molecule has 1 fully saturated rings. The molecule has 1 atom stereocenters. The molecule has 3 rings (SSSR count). The van der Waals surface area contributed by atoms with Crippen LogP contribution in [0.3, 0.4) is 0 Å². The molecule has 0 saturated carbocycles. The lowest BCUT2D eigenvalue weighted by Gasteiger charge is -2.36. The van der Waals surface area contributed by atoms with Crippen LogP contribution in [-0.2, 0) is 24.8 Å². The van der Waals surface area contributed by atoms with Crippen molar-refractivity contribution in [1.82, 2.24) is 24.5 Å². The second-order valence-corrected chi connectivity index (χ2v) is 7.30. The Hall–Kier alpha value is -2.11. The molecule has 0 aliphatic carbocycles. The number of rotatable bonds is 4. The van der Waals surface area contributed by atoms with Gasteiger partial charge in [-0.1, -0.05) is 0 Å². The minimum absolute atomic E-state index is 0.213. The van der Waals surface area contributed by atoms with Crippen LogP contribution in [-0.4, -0.2) is 43.0 Å². The minimum atomic E-state index is 0.213. The molecule has 0 aromatic carbocycles. The van der Waals surface area contributed by atoms with E-state index in [1.165, 1.54) is 6.42 Å². The molecule has 25 heavy (non-hydrogen) atoms. The molecule has 2 aromatic heterocycles. The molecule has 0 unspecified atom stereocenters. The van der Waals surface area contributed by atoms with Gasteiger partial charge in [-0.2, -0.15) is 10.2 Å². The fraction of sp³-hybridized carbons (Fsp3) is 0.632. The molecular weight excluding hydrogens is 314 g/mol. The monoisotopic (exact) mass is 343 g/mol. The van der Waals surface area contributed by atoms with Crippen LogP contribution < -0.4 is 0 Å². The standard InChI is InChI=1S/C19H29N5O/c1-13-10-14(2)24(20-13)12-17-8-6-7-9-23(17)19(25)11-18-15(3)21-22(5)16(18)4/h10,17H,6-9,11-12H2,1-5H3/t17-/m0/s1. The highest BCUT2D eigenvalue weighted by Gasteiger charge is 2.28. The summed E-state index contributed by atoms with van der Waals surface area (Å²) in [5.74, 6) is 0.213. The van der Waals surface area contributed by atoms with Gasteiger partial charge in [-0.05, 0) is 53.0 Å². The molecule has 2 aromatic rings. The fourth-order valence-corrected chi connectivity index (χ4v) is 3.90. The number of hydrogen-bond donors (Lipinski definition) is 0. The van der Waals surface area contributed by atoms with Gasteiger partial charge < -0.3 is 4.90 Å². The average molecular weight is 343 g/mol. The van der Waals surface area contributed by atoms with Gasteiger partial charge in [-0.25, -0.2) is 0 Å². The lowest BCUT2D eigenvalue weighted by molar-refractivity contribution is -0.134. The molecule has 3 heterocycles. The lowest BCUT2D eigenvalue weighted by atomic mass is 10.00. The lowest BCUT2D eigenvalue weighted by Crippen LogP contribution is -2.46. The molecule has 1 aliphatic heterocycles. The predicted molar refractivity (Wildman–Crippen MR) is 97.4 cm³/mol. The Balaban J connectivity index is 1.76. The zero-order valence-corrected chi connectivity index (χ0v) is 16.0. The molecule has 1 saturated heterocycles. The topological polar surface area (TPSA) is 56.0 Å². The van der Waals surface area contributed by atoms with Crippen LogP contribution in [0.25, 0.3) is 0 Å². The largest absolute Gasteiger partial charge is 0.338 e. The summed E-state index contributed by atoms with van der Waals surface area (Å²) in [6, 6.07) is 2.33. The Kier molecular flexibility index (Phi) is 4.97. The first-order valence-electron chi connectivity index (χ1n) is 9.16. The Labute approximate surface area is 149 Å². The Bertz CT molecular complexity index is 773. The van der Waals surface area contributed by atoms with Gasteiger partial charge in [0.05, 0.1) is 30.4 Å². The maximum absolute atomic E-state index is 13.0. The number of aryl methyl sites for hydroxylation is 4. The third-order valence-corrected chi connectivity index (χ3v) is 5.42. The average Bonchev–Trinajstić information content (AvgIpc) is 3.00. The van der Waals surface area contributed by atoms with Crippen LogP contribution in [0.4, 0.5) is 0 Å². The van der Waals surface area contributed by atoms with Crippen LogP contribution in [0, 0.1) is 27.7 Å². The second-order valence-electron chi connectivity index (χ2n) is 7.30. The van der Waals surface area contributed by atoms with Crippen molar-refractivity contribution in [3.05, 3.63) is 34.4 Å². The van der Waals surface area contributed by atoms with Gasteiger partial charge in [0.25, 0.3) is 0 Å². The first-order valence-corrected chi connectivity index (χ1v) is 9.16. The van der Waals surface area contributed by atoms with Gasteiger partial charge in [-0.15, -0.1) is 0 Å². The third kappa shape index (κ3) is 3.62. The summed E-state index contributed by atoms with van der Waals surface area (Å²) in [6.07, 6.45) is 3.76. The second kappa shape index (κ2) is 7.02.